The molecule has 0 saturated heterocycles. The summed E-state index contributed by atoms with van der Waals surface area (Å²) in [4.78, 5) is 0. The van der Waals surface area contributed by atoms with Gasteiger partial charge in [0.1, 0.15) is 0 Å². The summed E-state index contributed by atoms with van der Waals surface area (Å²) in [5.74, 6) is 0. The van der Waals surface area contributed by atoms with Crippen LogP contribution in [0.15, 0.2) is 24.3 Å². The highest BCUT2D eigenvalue weighted by Crippen LogP contribution is 2.39. The average molecular weight is 267 g/mol. The Morgan fingerprint density at radius 1 is 1.17 bits per heavy atom. The lowest BCUT2D eigenvalue weighted by Gasteiger charge is -2.39. The molecule has 0 aromatic heterocycles. The van der Waals surface area contributed by atoms with Crippen LogP contribution >= 0.6 is 0 Å². The second kappa shape index (κ2) is 4.07. The summed E-state index contributed by atoms with van der Waals surface area (Å²) in [6, 6.07) is 7.73. The van der Waals surface area contributed by atoms with E-state index in [-0.39, 0.29) is 5.54 Å². The van der Waals surface area contributed by atoms with Gasteiger partial charge in [0.2, 0.25) is 0 Å². The maximum absolute atomic E-state index is 11.8. The number of hydrogen-bond acceptors (Lipinski definition) is 3. The van der Waals surface area contributed by atoms with Crippen molar-refractivity contribution in [3.05, 3.63) is 35.4 Å². The van der Waals surface area contributed by atoms with Crippen LogP contribution < -0.4 is 5.73 Å². The molecule has 4 heteroatoms. The van der Waals surface area contributed by atoms with Gasteiger partial charge in [0, 0.05) is 11.8 Å². The highest BCUT2D eigenvalue weighted by Gasteiger charge is 2.36. The second-order valence-electron chi connectivity index (χ2n) is 5.87. The molecule has 0 bridgehead atoms. The third kappa shape index (κ3) is 2.08. The van der Waals surface area contributed by atoms with E-state index in [1.165, 1.54) is 12.7 Å². The van der Waals surface area contributed by atoms with E-state index in [1.807, 2.05) is 24.3 Å². The van der Waals surface area contributed by atoms with Crippen LogP contribution in [0.2, 0.25) is 0 Å². The van der Waals surface area contributed by atoms with Gasteiger partial charge in [0.25, 0.3) is 0 Å². The van der Waals surface area contributed by atoms with Gasteiger partial charge < -0.3 is 5.73 Å². The van der Waals surface area contributed by atoms with Crippen LogP contribution in [0.25, 0.3) is 0 Å². The van der Waals surface area contributed by atoms with Crippen LogP contribution in [-0.2, 0) is 20.1 Å². The van der Waals surface area contributed by atoms with Crippen molar-refractivity contribution in [2.45, 2.75) is 43.4 Å². The number of hydrogen-bond donors (Lipinski definition) is 1. The standard InChI is InChI=1S/C14H21NO2S/c1-13(2,18(3,16)17)11-5-7-12(8-6-11)14(15)9-4-10-14/h5-8H,4,9-10,15H2,1-3H3. The first-order chi connectivity index (χ1) is 8.17. The molecule has 0 atom stereocenters. The summed E-state index contributed by atoms with van der Waals surface area (Å²) in [6.07, 6.45) is 4.48. The summed E-state index contributed by atoms with van der Waals surface area (Å²) >= 11 is 0. The van der Waals surface area contributed by atoms with Crippen molar-refractivity contribution >= 4 is 9.84 Å². The molecule has 1 aromatic rings. The largest absolute Gasteiger partial charge is 0.321 e. The van der Waals surface area contributed by atoms with Gasteiger partial charge >= 0.3 is 0 Å². The zero-order valence-corrected chi connectivity index (χ0v) is 12.0. The molecular formula is C14H21NO2S. The highest BCUT2D eigenvalue weighted by molar-refractivity contribution is 7.91. The predicted molar refractivity (Wildman–Crippen MR) is 74.0 cm³/mol. The number of benzene rings is 1. The molecule has 2 rings (SSSR count). The number of sulfone groups is 1. The van der Waals surface area contributed by atoms with Crippen molar-refractivity contribution in [2.75, 3.05) is 6.26 Å². The minimum Gasteiger partial charge on any atom is -0.321 e. The van der Waals surface area contributed by atoms with Gasteiger partial charge in [-0.3, -0.25) is 0 Å². The lowest BCUT2D eigenvalue weighted by Crippen LogP contribution is -2.43. The fourth-order valence-corrected chi connectivity index (χ4v) is 2.83. The molecule has 0 unspecified atom stereocenters. The van der Waals surface area contributed by atoms with Crippen molar-refractivity contribution in [3.63, 3.8) is 0 Å². The van der Waals surface area contributed by atoms with Gasteiger partial charge in [0.05, 0.1) is 4.75 Å². The average Bonchev–Trinajstić information content (AvgIpc) is 2.24. The van der Waals surface area contributed by atoms with E-state index < -0.39 is 14.6 Å². The van der Waals surface area contributed by atoms with E-state index in [4.69, 9.17) is 5.73 Å². The van der Waals surface area contributed by atoms with E-state index in [2.05, 4.69) is 0 Å². The Hall–Kier alpha value is -0.870. The molecule has 100 valence electrons. The fourth-order valence-electron chi connectivity index (χ4n) is 2.26. The molecule has 0 spiro atoms. The molecule has 1 aliphatic rings. The van der Waals surface area contributed by atoms with Gasteiger partial charge in [-0.05, 0) is 44.2 Å². The zero-order chi connectivity index (χ0) is 13.6. The molecule has 0 heterocycles. The molecule has 1 aliphatic carbocycles. The van der Waals surface area contributed by atoms with Gasteiger partial charge in [-0.1, -0.05) is 24.3 Å². The van der Waals surface area contributed by atoms with Crippen LogP contribution in [0.5, 0.6) is 0 Å². The lowest BCUT2D eigenvalue weighted by molar-refractivity contribution is 0.253. The van der Waals surface area contributed by atoms with E-state index in [1.54, 1.807) is 13.8 Å². The van der Waals surface area contributed by atoms with Gasteiger partial charge in [-0.25, -0.2) is 8.42 Å². The summed E-state index contributed by atoms with van der Waals surface area (Å²) in [7, 11) is -3.13. The fraction of sp³-hybridized carbons (Fsp3) is 0.571. The Morgan fingerprint density at radius 3 is 2.00 bits per heavy atom. The van der Waals surface area contributed by atoms with Gasteiger partial charge in [-0.2, -0.15) is 0 Å². The van der Waals surface area contributed by atoms with Crippen LogP contribution in [-0.4, -0.2) is 14.7 Å². The van der Waals surface area contributed by atoms with Crippen LogP contribution in [0, 0.1) is 0 Å². The number of nitrogens with two attached hydrogens (primary N) is 1. The van der Waals surface area contributed by atoms with Crippen molar-refractivity contribution in [2.24, 2.45) is 5.73 Å². The Balaban J connectivity index is 2.34. The second-order valence-corrected chi connectivity index (χ2v) is 8.43. The maximum atomic E-state index is 11.8. The first-order valence-electron chi connectivity index (χ1n) is 6.26. The van der Waals surface area contributed by atoms with Crippen LogP contribution in [0.1, 0.15) is 44.2 Å². The van der Waals surface area contributed by atoms with E-state index in [9.17, 15) is 8.42 Å². The van der Waals surface area contributed by atoms with Gasteiger partial charge in [-0.15, -0.1) is 0 Å². The Morgan fingerprint density at radius 2 is 1.67 bits per heavy atom. The monoisotopic (exact) mass is 267 g/mol. The smallest absolute Gasteiger partial charge is 0.156 e. The Labute approximate surface area is 109 Å². The summed E-state index contributed by atoms with van der Waals surface area (Å²) in [5.41, 5.74) is 7.99. The molecule has 3 nitrogen and oxygen atoms in total. The molecule has 1 saturated carbocycles. The third-order valence-electron chi connectivity index (χ3n) is 4.33. The van der Waals surface area contributed by atoms with Crippen LogP contribution in [0.3, 0.4) is 0 Å². The molecule has 1 aromatic carbocycles. The summed E-state index contributed by atoms with van der Waals surface area (Å²) in [5, 5.41) is 0. The number of rotatable bonds is 3. The van der Waals surface area contributed by atoms with Crippen LogP contribution in [0.4, 0.5) is 0 Å². The normalized spacial score (nSPS) is 19.3. The summed E-state index contributed by atoms with van der Waals surface area (Å²) < 4.78 is 22.7. The molecule has 18 heavy (non-hydrogen) atoms. The van der Waals surface area contributed by atoms with Crippen molar-refractivity contribution in [3.8, 4) is 0 Å². The SMILES string of the molecule is CC(C)(c1ccc(C2(N)CCC2)cc1)S(C)(=O)=O. The quantitative estimate of drug-likeness (QED) is 0.914. The van der Waals surface area contributed by atoms with Crippen molar-refractivity contribution in [1.82, 2.24) is 0 Å². The zero-order valence-electron chi connectivity index (χ0n) is 11.2. The maximum Gasteiger partial charge on any atom is 0.156 e. The molecular weight excluding hydrogens is 246 g/mol. The van der Waals surface area contributed by atoms with E-state index in [0.717, 1.165) is 24.0 Å². The van der Waals surface area contributed by atoms with Crippen molar-refractivity contribution < 1.29 is 8.42 Å². The first-order valence-corrected chi connectivity index (χ1v) is 8.15. The predicted octanol–water partition coefficient (Wildman–Crippen LogP) is 2.30. The van der Waals surface area contributed by atoms with E-state index in [0.29, 0.717) is 0 Å². The molecule has 1 fully saturated rings. The third-order valence-corrected chi connectivity index (χ3v) is 6.42. The lowest BCUT2D eigenvalue weighted by atomic mass is 9.72. The Bertz CT molecular complexity index is 540. The first kappa shape index (κ1) is 13.6. The van der Waals surface area contributed by atoms with E-state index >= 15 is 0 Å². The highest BCUT2D eigenvalue weighted by atomic mass is 32.2. The molecule has 2 N–H and O–H groups in total. The molecule has 0 radical (unpaired) electrons. The molecule has 0 aliphatic heterocycles. The minimum atomic E-state index is -3.13. The summed E-state index contributed by atoms with van der Waals surface area (Å²) in [6.45, 7) is 3.47. The molecule has 0 amide bonds. The van der Waals surface area contributed by atoms with Gasteiger partial charge in [0.15, 0.2) is 9.84 Å². The topological polar surface area (TPSA) is 60.2 Å². The van der Waals surface area contributed by atoms with Crippen molar-refractivity contribution in [1.29, 1.82) is 0 Å². The minimum absolute atomic E-state index is 0.187. The Kier molecular flexibility index (Phi) is 3.06.